The Labute approximate surface area is 83.9 Å². The Morgan fingerprint density at radius 1 is 1.00 bits per heavy atom. The van der Waals surface area contributed by atoms with Crippen molar-refractivity contribution in [3.8, 4) is 0 Å². The Morgan fingerprint density at radius 2 is 1.54 bits per heavy atom. The Bertz CT molecular complexity index is 127. The zero-order valence-corrected chi connectivity index (χ0v) is 10.2. The van der Waals surface area contributed by atoms with E-state index in [1.165, 1.54) is 19.5 Å². The number of rotatable bonds is 0. The van der Waals surface area contributed by atoms with Crippen molar-refractivity contribution in [1.82, 2.24) is 9.80 Å². The Kier molecular flexibility index (Phi) is 5.57. The summed E-state index contributed by atoms with van der Waals surface area (Å²) in [6, 6.07) is 0. The molecule has 0 aromatic rings. The van der Waals surface area contributed by atoms with Crippen molar-refractivity contribution in [1.29, 1.82) is 0 Å². The van der Waals surface area contributed by atoms with Gasteiger partial charge in [-0.2, -0.15) is 0 Å². The van der Waals surface area contributed by atoms with Gasteiger partial charge >= 0.3 is 0 Å². The van der Waals surface area contributed by atoms with Gasteiger partial charge in [0.25, 0.3) is 0 Å². The van der Waals surface area contributed by atoms with Crippen molar-refractivity contribution in [2.24, 2.45) is 0 Å². The monoisotopic (exact) mass is 186 g/mol. The highest BCUT2D eigenvalue weighted by atomic mass is 15.3. The van der Waals surface area contributed by atoms with Crippen LogP contribution in [0.25, 0.3) is 0 Å². The van der Waals surface area contributed by atoms with Crippen molar-refractivity contribution < 1.29 is 0 Å². The fraction of sp³-hybridized carbons (Fsp3) is 1.00. The van der Waals surface area contributed by atoms with Crippen LogP contribution in [0.5, 0.6) is 0 Å². The summed E-state index contributed by atoms with van der Waals surface area (Å²) in [5, 5.41) is 0. The summed E-state index contributed by atoms with van der Waals surface area (Å²) in [6.07, 6.45) is 1.31. The molecule has 0 amide bonds. The second-order valence-electron chi connectivity index (χ2n) is 4.51. The van der Waals surface area contributed by atoms with Crippen LogP contribution in [0.15, 0.2) is 0 Å². The lowest BCUT2D eigenvalue weighted by Crippen LogP contribution is -2.51. The van der Waals surface area contributed by atoms with Crippen LogP contribution in [-0.4, -0.2) is 42.1 Å². The van der Waals surface area contributed by atoms with E-state index in [9.17, 15) is 0 Å². The maximum absolute atomic E-state index is 2.52. The molecule has 0 N–H and O–H groups in total. The molecule has 0 aliphatic carbocycles. The molecule has 1 rings (SSSR count). The van der Waals surface area contributed by atoms with E-state index in [-0.39, 0.29) is 0 Å². The lowest BCUT2D eigenvalue weighted by atomic mass is 10.1. The minimum Gasteiger partial charge on any atom is -0.293 e. The second-order valence-corrected chi connectivity index (χ2v) is 4.51. The summed E-state index contributed by atoms with van der Waals surface area (Å²) in [5.74, 6) is 0. The summed E-state index contributed by atoms with van der Waals surface area (Å²) >= 11 is 0. The van der Waals surface area contributed by atoms with Gasteiger partial charge in [0.1, 0.15) is 0 Å². The predicted molar refractivity (Wildman–Crippen MR) is 59.9 cm³/mol. The van der Waals surface area contributed by atoms with E-state index in [4.69, 9.17) is 0 Å². The van der Waals surface area contributed by atoms with Crippen molar-refractivity contribution in [3.05, 3.63) is 0 Å². The minimum atomic E-state index is 0.342. The summed E-state index contributed by atoms with van der Waals surface area (Å²) < 4.78 is 0. The van der Waals surface area contributed by atoms with Crippen LogP contribution in [0.3, 0.4) is 0 Å². The first-order chi connectivity index (χ1) is 6.00. The predicted octanol–water partition coefficient (Wildman–Crippen LogP) is 2.41. The molecule has 0 aromatic heterocycles. The Hall–Kier alpha value is -0.0800. The smallest absolute Gasteiger partial charge is 0.0508 e. The van der Waals surface area contributed by atoms with Crippen LogP contribution in [0, 0.1) is 0 Å². The van der Waals surface area contributed by atoms with E-state index < -0.39 is 0 Å². The van der Waals surface area contributed by atoms with Crippen LogP contribution >= 0.6 is 0 Å². The van der Waals surface area contributed by atoms with Gasteiger partial charge in [0.05, 0.1) is 6.67 Å². The van der Waals surface area contributed by atoms with Gasteiger partial charge in [-0.15, -0.1) is 0 Å². The fourth-order valence-electron chi connectivity index (χ4n) is 1.51. The third-order valence-corrected chi connectivity index (χ3v) is 2.33. The maximum Gasteiger partial charge on any atom is 0.0508 e. The van der Waals surface area contributed by atoms with Crippen molar-refractivity contribution in [2.45, 2.75) is 46.6 Å². The van der Waals surface area contributed by atoms with Gasteiger partial charge in [-0.25, -0.2) is 0 Å². The lowest BCUT2D eigenvalue weighted by molar-refractivity contribution is 0.0347. The third kappa shape index (κ3) is 4.63. The molecule has 0 unspecified atom stereocenters. The first kappa shape index (κ1) is 12.9. The second kappa shape index (κ2) is 5.61. The molecule has 2 heteroatoms. The zero-order chi connectivity index (χ0) is 10.5. The van der Waals surface area contributed by atoms with Gasteiger partial charge in [0.15, 0.2) is 0 Å². The summed E-state index contributed by atoms with van der Waals surface area (Å²) in [7, 11) is 2.19. The van der Waals surface area contributed by atoms with Crippen molar-refractivity contribution in [2.75, 3.05) is 26.8 Å². The highest BCUT2D eigenvalue weighted by Crippen LogP contribution is 2.16. The topological polar surface area (TPSA) is 6.48 Å². The highest BCUT2D eigenvalue weighted by molar-refractivity contribution is 4.78. The molecule has 0 atom stereocenters. The van der Waals surface area contributed by atoms with Gasteiger partial charge in [0, 0.05) is 18.6 Å². The van der Waals surface area contributed by atoms with E-state index in [0.29, 0.717) is 5.54 Å². The van der Waals surface area contributed by atoms with Gasteiger partial charge < -0.3 is 0 Å². The highest BCUT2D eigenvalue weighted by Gasteiger charge is 2.24. The molecule has 0 bridgehead atoms. The summed E-state index contributed by atoms with van der Waals surface area (Å²) in [4.78, 5) is 4.91. The van der Waals surface area contributed by atoms with Gasteiger partial charge in [-0.1, -0.05) is 13.8 Å². The molecule has 80 valence electrons. The number of hydrogen-bond donors (Lipinski definition) is 0. The molecule has 1 aliphatic heterocycles. The quantitative estimate of drug-likeness (QED) is 0.573. The fourth-order valence-corrected chi connectivity index (χ4v) is 1.51. The van der Waals surface area contributed by atoms with Gasteiger partial charge in [-0.05, 0) is 34.2 Å². The van der Waals surface area contributed by atoms with Crippen LogP contribution in [0.4, 0.5) is 0 Å². The SMILES string of the molecule is CC.CN1CCCN(C(C)(C)C)C1. The summed E-state index contributed by atoms with van der Waals surface area (Å²) in [5.41, 5.74) is 0.342. The molecule has 1 saturated heterocycles. The number of hydrogen-bond acceptors (Lipinski definition) is 2. The standard InChI is InChI=1S/C9H20N2.C2H6/c1-9(2,3)11-7-5-6-10(4)8-11;1-2/h5-8H2,1-4H3;1-2H3. The maximum atomic E-state index is 2.52. The van der Waals surface area contributed by atoms with Crippen molar-refractivity contribution >= 4 is 0 Å². The van der Waals surface area contributed by atoms with Crippen molar-refractivity contribution in [3.63, 3.8) is 0 Å². The average Bonchev–Trinajstić information content (AvgIpc) is 2.06. The molecule has 1 aliphatic rings. The Balaban J connectivity index is 0.000000671. The Morgan fingerprint density at radius 3 is 1.85 bits per heavy atom. The first-order valence-corrected chi connectivity index (χ1v) is 5.44. The zero-order valence-electron chi connectivity index (χ0n) is 10.2. The first-order valence-electron chi connectivity index (χ1n) is 5.44. The van der Waals surface area contributed by atoms with E-state index >= 15 is 0 Å². The molecule has 0 spiro atoms. The molecule has 2 nitrogen and oxygen atoms in total. The largest absolute Gasteiger partial charge is 0.293 e. The van der Waals surface area contributed by atoms with Crippen LogP contribution in [0.2, 0.25) is 0 Å². The van der Waals surface area contributed by atoms with E-state index in [1.54, 1.807) is 0 Å². The van der Waals surface area contributed by atoms with E-state index in [0.717, 1.165) is 6.67 Å². The molecule has 1 fully saturated rings. The molecular weight excluding hydrogens is 160 g/mol. The molecule has 0 saturated carbocycles. The van der Waals surface area contributed by atoms with E-state index in [2.05, 4.69) is 37.6 Å². The van der Waals surface area contributed by atoms with Crippen LogP contribution in [0.1, 0.15) is 41.0 Å². The molecule has 0 radical (unpaired) electrons. The van der Waals surface area contributed by atoms with Crippen LogP contribution < -0.4 is 0 Å². The molecule has 1 heterocycles. The lowest BCUT2D eigenvalue weighted by Gasteiger charge is -2.41. The third-order valence-electron chi connectivity index (χ3n) is 2.33. The normalized spacial score (nSPS) is 20.8. The molecule has 13 heavy (non-hydrogen) atoms. The van der Waals surface area contributed by atoms with Gasteiger partial charge in [0.2, 0.25) is 0 Å². The average molecular weight is 186 g/mol. The van der Waals surface area contributed by atoms with E-state index in [1.807, 2.05) is 13.8 Å². The minimum absolute atomic E-state index is 0.342. The van der Waals surface area contributed by atoms with Crippen LogP contribution in [-0.2, 0) is 0 Å². The molecular formula is C11H26N2. The number of nitrogens with zero attached hydrogens (tertiary/aromatic N) is 2. The molecule has 0 aromatic carbocycles. The van der Waals surface area contributed by atoms with Gasteiger partial charge in [-0.3, -0.25) is 9.80 Å². The summed E-state index contributed by atoms with van der Waals surface area (Å²) in [6.45, 7) is 14.5.